The maximum Gasteiger partial charge on any atom is 0.220 e. The molecule has 13 heavy (non-hydrogen) atoms. The number of hydrogen-bond acceptors (Lipinski definition) is 2. The normalized spacial score (nSPS) is 30.1. The summed E-state index contributed by atoms with van der Waals surface area (Å²) in [5, 5.41) is 2.88. The van der Waals surface area contributed by atoms with E-state index in [0.29, 0.717) is 12.3 Å². The Hall–Kier alpha value is -0.830. The van der Waals surface area contributed by atoms with Crippen molar-refractivity contribution in [2.24, 2.45) is 5.92 Å². The minimum absolute atomic E-state index is 0.213. The zero-order chi connectivity index (χ0) is 9.26. The molecular formula is C10H16N2O. The van der Waals surface area contributed by atoms with Gasteiger partial charge in [-0.05, 0) is 13.5 Å². The minimum atomic E-state index is 0.213. The lowest BCUT2D eigenvalue weighted by atomic mass is 9.93. The van der Waals surface area contributed by atoms with Crippen molar-refractivity contribution in [1.29, 1.82) is 0 Å². The molecule has 72 valence electrons. The zero-order valence-corrected chi connectivity index (χ0v) is 8.05. The number of nitrogens with zero attached hydrogens (tertiary/aromatic N) is 1. The Bertz CT molecular complexity index is 247. The van der Waals surface area contributed by atoms with Gasteiger partial charge in [-0.1, -0.05) is 11.6 Å². The summed E-state index contributed by atoms with van der Waals surface area (Å²) < 4.78 is 0. The van der Waals surface area contributed by atoms with Crippen LogP contribution in [0, 0.1) is 5.92 Å². The van der Waals surface area contributed by atoms with Crippen LogP contribution in [-0.4, -0.2) is 37.5 Å². The Balaban J connectivity index is 1.97. The van der Waals surface area contributed by atoms with Crippen LogP contribution in [0.2, 0.25) is 0 Å². The molecule has 1 fully saturated rings. The molecule has 0 spiro atoms. The summed E-state index contributed by atoms with van der Waals surface area (Å²) in [6.45, 7) is 3.03. The maximum absolute atomic E-state index is 11.0. The topological polar surface area (TPSA) is 32.3 Å². The number of carbonyl (C=O) groups is 1. The number of hydrogen-bond donors (Lipinski definition) is 1. The van der Waals surface area contributed by atoms with Crippen LogP contribution >= 0.6 is 0 Å². The molecule has 3 nitrogen and oxygen atoms in total. The van der Waals surface area contributed by atoms with Crippen molar-refractivity contribution in [2.45, 2.75) is 12.8 Å². The fourth-order valence-corrected chi connectivity index (χ4v) is 2.02. The minimum Gasteiger partial charge on any atom is -0.355 e. The van der Waals surface area contributed by atoms with Gasteiger partial charge in [-0.2, -0.15) is 0 Å². The third kappa shape index (κ3) is 1.91. The van der Waals surface area contributed by atoms with Gasteiger partial charge >= 0.3 is 0 Å². The second kappa shape index (κ2) is 3.50. The summed E-state index contributed by atoms with van der Waals surface area (Å²) in [5.41, 5.74) is 1.48. The van der Waals surface area contributed by atoms with Crippen molar-refractivity contribution in [3.05, 3.63) is 11.6 Å². The van der Waals surface area contributed by atoms with Crippen LogP contribution in [0.15, 0.2) is 11.6 Å². The van der Waals surface area contributed by atoms with E-state index < -0.39 is 0 Å². The van der Waals surface area contributed by atoms with E-state index in [-0.39, 0.29) is 5.91 Å². The van der Waals surface area contributed by atoms with E-state index in [9.17, 15) is 4.79 Å². The van der Waals surface area contributed by atoms with E-state index in [4.69, 9.17) is 0 Å². The van der Waals surface area contributed by atoms with E-state index in [0.717, 1.165) is 26.1 Å². The molecule has 0 bridgehead atoms. The van der Waals surface area contributed by atoms with E-state index in [1.54, 1.807) is 0 Å². The lowest BCUT2D eigenvalue weighted by Gasteiger charge is -2.24. The van der Waals surface area contributed by atoms with Gasteiger partial charge in [0.1, 0.15) is 0 Å². The summed E-state index contributed by atoms with van der Waals surface area (Å²) in [6.07, 6.45) is 4.13. The molecule has 0 unspecified atom stereocenters. The van der Waals surface area contributed by atoms with Crippen molar-refractivity contribution < 1.29 is 4.79 Å². The Kier molecular flexibility index (Phi) is 2.36. The predicted octanol–water partition coefficient (Wildman–Crippen LogP) is 0.384. The largest absolute Gasteiger partial charge is 0.355 e. The summed E-state index contributed by atoms with van der Waals surface area (Å²) in [6, 6.07) is 0. The summed E-state index contributed by atoms with van der Waals surface area (Å²) in [4.78, 5) is 13.3. The molecule has 2 aliphatic heterocycles. The van der Waals surface area contributed by atoms with Gasteiger partial charge < -0.3 is 10.2 Å². The quantitative estimate of drug-likeness (QED) is 0.592. The molecule has 0 radical (unpaired) electrons. The van der Waals surface area contributed by atoms with Crippen LogP contribution in [0.25, 0.3) is 0 Å². The van der Waals surface area contributed by atoms with Crippen molar-refractivity contribution in [1.82, 2.24) is 10.2 Å². The molecule has 1 amide bonds. The predicted molar refractivity (Wildman–Crippen MR) is 51.3 cm³/mol. The highest BCUT2D eigenvalue weighted by molar-refractivity contribution is 5.78. The first-order valence-corrected chi connectivity index (χ1v) is 4.90. The first-order valence-electron chi connectivity index (χ1n) is 4.90. The first kappa shape index (κ1) is 8.75. The molecule has 3 heteroatoms. The van der Waals surface area contributed by atoms with E-state index in [2.05, 4.69) is 23.3 Å². The average Bonchev–Trinajstić information content (AvgIpc) is 2.53. The third-order valence-electron chi connectivity index (χ3n) is 2.95. The number of amides is 1. The van der Waals surface area contributed by atoms with Crippen LogP contribution in [0.4, 0.5) is 0 Å². The van der Waals surface area contributed by atoms with Crippen LogP contribution in [-0.2, 0) is 4.79 Å². The number of carbonyl (C=O) groups excluding carboxylic acids is 1. The number of likely N-dealkylation sites (N-methyl/N-ethyl adjacent to an activating group) is 1. The Morgan fingerprint density at radius 3 is 3.00 bits per heavy atom. The lowest BCUT2D eigenvalue weighted by Crippen LogP contribution is -2.26. The lowest BCUT2D eigenvalue weighted by molar-refractivity contribution is -0.119. The zero-order valence-electron chi connectivity index (χ0n) is 8.05. The Labute approximate surface area is 78.8 Å². The SMILES string of the molecule is CN1CC=C([C@H]2CNC(=O)C2)CC1. The molecule has 1 saturated heterocycles. The highest BCUT2D eigenvalue weighted by Crippen LogP contribution is 2.24. The Morgan fingerprint density at radius 2 is 2.46 bits per heavy atom. The number of rotatable bonds is 1. The van der Waals surface area contributed by atoms with Gasteiger partial charge in [0.2, 0.25) is 5.91 Å². The molecule has 1 atom stereocenters. The van der Waals surface area contributed by atoms with E-state index >= 15 is 0 Å². The summed E-state index contributed by atoms with van der Waals surface area (Å²) >= 11 is 0. The molecule has 0 aromatic carbocycles. The molecule has 0 aliphatic carbocycles. The van der Waals surface area contributed by atoms with Gasteiger partial charge in [0.15, 0.2) is 0 Å². The second-order valence-electron chi connectivity index (χ2n) is 4.00. The van der Waals surface area contributed by atoms with Gasteiger partial charge in [-0.3, -0.25) is 4.79 Å². The van der Waals surface area contributed by atoms with E-state index in [1.165, 1.54) is 5.57 Å². The molecular weight excluding hydrogens is 164 g/mol. The molecule has 0 aromatic heterocycles. The molecule has 0 aromatic rings. The van der Waals surface area contributed by atoms with Crippen molar-refractivity contribution >= 4 is 5.91 Å². The van der Waals surface area contributed by atoms with Gasteiger partial charge in [-0.15, -0.1) is 0 Å². The summed E-state index contributed by atoms with van der Waals surface area (Å²) in [7, 11) is 2.13. The van der Waals surface area contributed by atoms with Crippen LogP contribution in [0.3, 0.4) is 0 Å². The van der Waals surface area contributed by atoms with Crippen LogP contribution in [0.1, 0.15) is 12.8 Å². The molecule has 2 heterocycles. The molecule has 2 aliphatic rings. The fourth-order valence-electron chi connectivity index (χ4n) is 2.02. The average molecular weight is 180 g/mol. The molecule has 0 saturated carbocycles. The Morgan fingerprint density at radius 1 is 1.62 bits per heavy atom. The summed E-state index contributed by atoms with van der Waals surface area (Å²) in [5.74, 6) is 0.700. The third-order valence-corrected chi connectivity index (χ3v) is 2.95. The first-order chi connectivity index (χ1) is 6.25. The highest BCUT2D eigenvalue weighted by Gasteiger charge is 2.25. The maximum atomic E-state index is 11.0. The van der Waals surface area contributed by atoms with Crippen LogP contribution in [0.5, 0.6) is 0 Å². The van der Waals surface area contributed by atoms with Crippen molar-refractivity contribution in [2.75, 3.05) is 26.7 Å². The molecule has 1 N–H and O–H groups in total. The smallest absolute Gasteiger partial charge is 0.220 e. The van der Waals surface area contributed by atoms with E-state index in [1.807, 2.05) is 0 Å². The second-order valence-corrected chi connectivity index (χ2v) is 4.00. The van der Waals surface area contributed by atoms with Gasteiger partial charge in [0.25, 0.3) is 0 Å². The highest BCUT2D eigenvalue weighted by atomic mass is 16.1. The fraction of sp³-hybridized carbons (Fsp3) is 0.700. The monoisotopic (exact) mass is 180 g/mol. The van der Waals surface area contributed by atoms with Gasteiger partial charge in [0, 0.05) is 32.0 Å². The van der Waals surface area contributed by atoms with Crippen molar-refractivity contribution in [3.63, 3.8) is 0 Å². The molecule has 2 rings (SSSR count). The number of nitrogens with one attached hydrogen (secondary N) is 1. The van der Waals surface area contributed by atoms with Crippen molar-refractivity contribution in [3.8, 4) is 0 Å². The van der Waals surface area contributed by atoms with Gasteiger partial charge in [0.05, 0.1) is 0 Å². The van der Waals surface area contributed by atoms with Crippen LogP contribution < -0.4 is 5.32 Å². The standard InChI is InChI=1S/C10H16N2O/c1-12-4-2-8(3-5-12)9-6-10(13)11-7-9/h2,9H,3-7H2,1H3,(H,11,13)/t9-/m1/s1. The van der Waals surface area contributed by atoms with Gasteiger partial charge in [-0.25, -0.2) is 0 Å².